The van der Waals surface area contributed by atoms with Crippen LogP contribution in [-0.2, 0) is 9.59 Å². The number of ether oxygens (including phenoxy) is 1. The minimum Gasteiger partial charge on any atom is -0.494 e. The topological polar surface area (TPSA) is 114 Å². The number of hydrogen-bond acceptors (Lipinski definition) is 5. The Balaban J connectivity index is 1.62. The third-order valence-corrected chi connectivity index (χ3v) is 5.14. The fourth-order valence-corrected chi connectivity index (χ4v) is 3.61. The number of amides is 3. The van der Waals surface area contributed by atoms with E-state index in [2.05, 4.69) is 10.6 Å². The van der Waals surface area contributed by atoms with Crippen LogP contribution in [0.25, 0.3) is 0 Å². The highest BCUT2D eigenvalue weighted by Crippen LogP contribution is 2.20. The Kier molecular flexibility index (Phi) is 7.61. The highest BCUT2D eigenvalue weighted by Gasteiger charge is 2.25. The van der Waals surface area contributed by atoms with Gasteiger partial charge < -0.3 is 21.1 Å². The summed E-state index contributed by atoms with van der Waals surface area (Å²) in [5, 5.41) is 5.65. The number of nitrogens with one attached hydrogen (secondary N) is 2. The molecular weight excluding hydrogens is 396 g/mol. The number of anilines is 2. The van der Waals surface area contributed by atoms with Gasteiger partial charge in [-0.2, -0.15) is 0 Å². The maximum Gasteiger partial charge on any atom is 0.257 e. The monoisotopic (exact) mass is 424 g/mol. The van der Waals surface area contributed by atoms with E-state index in [4.69, 9.17) is 10.5 Å². The van der Waals surface area contributed by atoms with E-state index in [9.17, 15) is 14.4 Å². The summed E-state index contributed by atoms with van der Waals surface area (Å²) in [7, 11) is 0. The van der Waals surface area contributed by atoms with Crippen molar-refractivity contribution in [3.8, 4) is 5.75 Å². The second-order valence-corrected chi connectivity index (χ2v) is 7.48. The largest absolute Gasteiger partial charge is 0.494 e. The molecular formula is C23H28N4O4. The van der Waals surface area contributed by atoms with Crippen LogP contribution in [0.1, 0.15) is 30.1 Å². The smallest absolute Gasteiger partial charge is 0.257 e. The summed E-state index contributed by atoms with van der Waals surface area (Å²) in [6, 6.07) is 13.9. The zero-order chi connectivity index (χ0) is 22.2. The third-order valence-electron chi connectivity index (χ3n) is 5.14. The number of carbonyl (C=O) groups is 3. The fourth-order valence-electron chi connectivity index (χ4n) is 3.61. The number of hydrogen-bond donors (Lipinski definition) is 3. The summed E-state index contributed by atoms with van der Waals surface area (Å²) in [6.07, 6.45) is 1.57. The summed E-state index contributed by atoms with van der Waals surface area (Å²) in [4.78, 5) is 38.7. The summed E-state index contributed by atoms with van der Waals surface area (Å²) in [5.41, 5.74) is 6.82. The molecule has 4 N–H and O–H groups in total. The maximum absolute atomic E-state index is 12.8. The Hall–Kier alpha value is -3.39. The van der Waals surface area contributed by atoms with Crippen molar-refractivity contribution in [2.75, 3.05) is 36.9 Å². The van der Waals surface area contributed by atoms with Crippen molar-refractivity contribution in [1.82, 2.24) is 4.90 Å². The summed E-state index contributed by atoms with van der Waals surface area (Å²) in [5.74, 6) is -0.405. The average molecular weight is 425 g/mol. The van der Waals surface area contributed by atoms with E-state index in [1.165, 1.54) is 0 Å². The normalized spacial score (nSPS) is 16.4. The first-order valence-electron chi connectivity index (χ1n) is 10.4. The van der Waals surface area contributed by atoms with Crippen LogP contribution in [-0.4, -0.2) is 48.9 Å². The molecule has 0 spiro atoms. The summed E-state index contributed by atoms with van der Waals surface area (Å²) < 4.78 is 5.41. The maximum atomic E-state index is 12.8. The van der Waals surface area contributed by atoms with Gasteiger partial charge in [0.15, 0.2) is 0 Å². The molecule has 8 heteroatoms. The van der Waals surface area contributed by atoms with Gasteiger partial charge in [-0.3, -0.25) is 19.3 Å². The van der Waals surface area contributed by atoms with Gasteiger partial charge in [-0.25, -0.2) is 0 Å². The number of nitrogens with two attached hydrogens (primary N) is 1. The van der Waals surface area contributed by atoms with Gasteiger partial charge in [0.25, 0.3) is 5.91 Å². The standard InChI is InChI=1S/C23H28N4O4/c1-2-31-18-11-9-17(10-12-18)25-23(30)19-7-3-4-8-20(19)26-21(28)15-27-13-5-6-16(14-27)22(24)29/h3-4,7-12,16H,2,5-6,13-15H2,1H3,(H2,24,29)(H,25,30)(H,26,28)/t16-/m0/s1. The molecule has 1 saturated heterocycles. The molecule has 1 heterocycles. The van der Waals surface area contributed by atoms with Crippen molar-refractivity contribution >= 4 is 29.1 Å². The van der Waals surface area contributed by atoms with Gasteiger partial charge in [0, 0.05) is 12.2 Å². The second-order valence-electron chi connectivity index (χ2n) is 7.48. The Labute approximate surface area is 181 Å². The van der Waals surface area contributed by atoms with Crippen molar-refractivity contribution < 1.29 is 19.1 Å². The fraction of sp³-hybridized carbons (Fsp3) is 0.348. The van der Waals surface area contributed by atoms with Crippen LogP contribution in [0.15, 0.2) is 48.5 Å². The number of primary amides is 1. The van der Waals surface area contributed by atoms with Crippen molar-refractivity contribution in [3.63, 3.8) is 0 Å². The Morgan fingerprint density at radius 1 is 1.10 bits per heavy atom. The molecule has 31 heavy (non-hydrogen) atoms. The molecule has 2 aromatic rings. The molecule has 0 aliphatic carbocycles. The first-order chi connectivity index (χ1) is 15.0. The van der Waals surface area contributed by atoms with Gasteiger partial charge >= 0.3 is 0 Å². The number of para-hydroxylation sites is 1. The predicted octanol–water partition coefficient (Wildman–Crippen LogP) is 2.47. The number of nitrogens with zero attached hydrogens (tertiary/aromatic N) is 1. The molecule has 164 valence electrons. The van der Waals surface area contributed by atoms with Crippen molar-refractivity contribution in [3.05, 3.63) is 54.1 Å². The molecule has 3 amide bonds. The van der Waals surface area contributed by atoms with E-state index in [1.807, 2.05) is 11.8 Å². The molecule has 1 fully saturated rings. The lowest BCUT2D eigenvalue weighted by Crippen LogP contribution is -2.44. The molecule has 1 aliphatic rings. The first kappa shape index (κ1) is 22.3. The lowest BCUT2D eigenvalue weighted by atomic mass is 9.97. The number of likely N-dealkylation sites (tertiary alicyclic amines) is 1. The lowest BCUT2D eigenvalue weighted by Gasteiger charge is -2.30. The molecule has 0 aromatic heterocycles. The molecule has 3 rings (SSSR count). The van der Waals surface area contributed by atoms with Crippen LogP contribution < -0.4 is 21.1 Å². The minimum atomic E-state index is -0.332. The van der Waals surface area contributed by atoms with Crippen molar-refractivity contribution in [1.29, 1.82) is 0 Å². The lowest BCUT2D eigenvalue weighted by molar-refractivity contribution is -0.125. The van der Waals surface area contributed by atoms with Crippen molar-refractivity contribution in [2.24, 2.45) is 11.7 Å². The van der Waals surface area contributed by atoms with E-state index in [0.717, 1.165) is 25.1 Å². The highest BCUT2D eigenvalue weighted by molar-refractivity contribution is 6.10. The van der Waals surface area contributed by atoms with Crippen LogP contribution >= 0.6 is 0 Å². The quantitative estimate of drug-likeness (QED) is 0.602. The summed E-state index contributed by atoms with van der Waals surface area (Å²) in [6.45, 7) is 3.82. The van der Waals surface area contributed by atoms with Crippen LogP contribution in [0.4, 0.5) is 11.4 Å². The van der Waals surface area contributed by atoms with E-state index >= 15 is 0 Å². The zero-order valence-electron chi connectivity index (χ0n) is 17.6. The molecule has 2 aromatic carbocycles. The van der Waals surface area contributed by atoms with Crippen LogP contribution in [0.3, 0.4) is 0 Å². The second kappa shape index (κ2) is 10.6. The third kappa shape index (κ3) is 6.29. The number of benzene rings is 2. The van der Waals surface area contributed by atoms with Crippen LogP contribution in [0.2, 0.25) is 0 Å². The Bertz CT molecular complexity index is 929. The Morgan fingerprint density at radius 2 is 1.84 bits per heavy atom. The molecule has 1 aliphatic heterocycles. The molecule has 1 atom stereocenters. The van der Waals surface area contributed by atoms with Gasteiger partial charge in [0.1, 0.15) is 5.75 Å². The van der Waals surface area contributed by atoms with Gasteiger partial charge in [0.05, 0.1) is 30.3 Å². The van der Waals surface area contributed by atoms with E-state index in [-0.39, 0.29) is 30.2 Å². The molecule has 0 bridgehead atoms. The zero-order valence-corrected chi connectivity index (χ0v) is 17.6. The van der Waals surface area contributed by atoms with Gasteiger partial charge in [-0.15, -0.1) is 0 Å². The van der Waals surface area contributed by atoms with E-state index in [1.54, 1.807) is 48.5 Å². The predicted molar refractivity (Wildman–Crippen MR) is 119 cm³/mol. The van der Waals surface area contributed by atoms with E-state index in [0.29, 0.717) is 30.1 Å². The number of rotatable bonds is 8. The number of carbonyl (C=O) groups excluding carboxylic acids is 3. The molecule has 0 radical (unpaired) electrons. The van der Waals surface area contributed by atoms with Crippen LogP contribution in [0, 0.1) is 5.92 Å². The molecule has 8 nitrogen and oxygen atoms in total. The summed E-state index contributed by atoms with van der Waals surface area (Å²) >= 11 is 0. The van der Waals surface area contributed by atoms with Crippen LogP contribution in [0.5, 0.6) is 5.75 Å². The van der Waals surface area contributed by atoms with Gasteiger partial charge in [0.2, 0.25) is 11.8 Å². The van der Waals surface area contributed by atoms with Crippen molar-refractivity contribution in [2.45, 2.75) is 19.8 Å². The van der Waals surface area contributed by atoms with Gasteiger partial charge in [-0.1, -0.05) is 12.1 Å². The Morgan fingerprint density at radius 3 is 2.55 bits per heavy atom. The minimum absolute atomic E-state index is 0.138. The molecule has 0 saturated carbocycles. The van der Waals surface area contributed by atoms with E-state index < -0.39 is 0 Å². The SMILES string of the molecule is CCOc1ccc(NC(=O)c2ccccc2NC(=O)CN2CCC[C@H](C(N)=O)C2)cc1. The van der Waals surface area contributed by atoms with Gasteiger partial charge in [-0.05, 0) is 62.7 Å². The first-order valence-corrected chi connectivity index (χ1v) is 10.4. The molecule has 0 unspecified atom stereocenters. The average Bonchev–Trinajstić information content (AvgIpc) is 2.75. The number of piperidine rings is 1. The highest BCUT2D eigenvalue weighted by atomic mass is 16.5.